The Morgan fingerprint density at radius 2 is 2.00 bits per heavy atom. The van der Waals surface area contributed by atoms with Crippen molar-refractivity contribution in [1.29, 1.82) is 0 Å². The van der Waals surface area contributed by atoms with Crippen molar-refractivity contribution in [3.05, 3.63) is 58.9 Å². The second-order valence-electron chi connectivity index (χ2n) is 7.02. The molecule has 1 amide bonds. The van der Waals surface area contributed by atoms with E-state index in [-0.39, 0.29) is 23.2 Å². The molecule has 2 heterocycles. The van der Waals surface area contributed by atoms with Gasteiger partial charge in [-0.1, -0.05) is 23.7 Å². The van der Waals surface area contributed by atoms with Crippen molar-refractivity contribution in [2.75, 3.05) is 16.6 Å². The molecule has 1 fully saturated rings. The molecule has 1 aliphatic heterocycles. The maximum absolute atomic E-state index is 12.6. The molecular formula is C20H21ClN4O3S. The van der Waals surface area contributed by atoms with E-state index in [0.29, 0.717) is 24.2 Å². The van der Waals surface area contributed by atoms with Crippen LogP contribution in [0.3, 0.4) is 0 Å². The highest BCUT2D eigenvalue weighted by molar-refractivity contribution is 7.92. The maximum Gasteiger partial charge on any atom is 0.253 e. The summed E-state index contributed by atoms with van der Waals surface area (Å²) in [6, 6.07) is 12.5. The normalized spacial score (nSPS) is 16.1. The minimum absolute atomic E-state index is 0.130. The summed E-state index contributed by atoms with van der Waals surface area (Å²) in [6.07, 6.45) is 1.46. The summed E-state index contributed by atoms with van der Waals surface area (Å²) in [7, 11) is -1.43. The van der Waals surface area contributed by atoms with E-state index in [1.807, 2.05) is 35.9 Å². The number of para-hydroxylation sites is 2. The van der Waals surface area contributed by atoms with Gasteiger partial charge in [-0.2, -0.15) is 0 Å². The lowest BCUT2D eigenvalue weighted by molar-refractivity contribution is 0.0950. The van der Waals surface area contributed by atoms with Crippen LogP contribution in [0.15, 0.2) is 42.5 Å². The molecule has 9 heteroatoms. The minimum atomic E-state index is -3.33. The predicted octanol–water partition coefficient (Wildman–Crippen LogP) is 3.09. The van der Waals surface area contributed by atoms with Crippen LogP contribution in [0.4, 0.5) is 5.69 Å². The first kappa shape index (κ1) is 19.7. The molecule has 152 valence electrons. The van der Waals surface area contributed by atoms with Crippen LogP contribution in [-0.4, -0.2) is 36.2 Å². The van der Waals surface area contributed by atoms with Gasteiger partial charge in [-0.3, -0.25) is 9.10 Å². The molecule has 4 rings (SSSR count). The van der Waals surface area contributed by atoms with E-state index in [1.54, 1.807) is 12.1 Å². The molecule has 29 heavy (non-hydrogen) atoms. The fourth-order valence-corrected chi connectivity index (χ4v) is 5.42. The van der Waals surface area contributed by atoms with Crippen molar-refractivity contribution in [2.45, 2.75) is 19.4 Å². The number of nitrogens with one attached hydrogen (secondary N) is 1. The highest BCUT2D eigenvalue weighted by atomic mass is 35.5. The first-order valence-electron chi connectivity index (χ1n) is 9.35. The van der Waals surface area contributed by atoms with Crippen LogP contribution in [-0.2, 0) is 23.6 Å². The Labute approximate surface area is 174 Å². The van der Waals surface area contributed by atoms with E-state index >= 15 is 0 Å². The highest BCUT2D eigenvalue weighted by Crippen LogP contribution is 2.28. The largest absolute Gasteiger partial charge is 0.345 e. The number of imidazole rings is 1. The summed E-state index contributed by atoms with van der Waals surface area (Å²) < 4.78 is 27.8. The number of sulfonamides is 1. The van der Waals surface area contributed by atoms with Gasteiger partial charge < -0.3 is 9.88 Å². The molecule has 1 N–H and O–H groups in total. The molecule has 3 aromatic rings. The third-order valence-electron chi connectivity index (χ3n) is 5.12. The average molecular weight is 433 g/mol. The number of nitrogens with zero attached hydrogens (tertiary/aromatic N) is 3. The lowest BCUT2D eigenvalue weighted by Gasteiger charge is -2.28. The van der Waals surface area contributed by atoms with E-state index in [9.17, 15) is 13.2 Å². The van der Waals surface area contributed by atoms with E-state index in [4.69, 9.17) is 11.6 Å². The number of hydrogen-bond acceptors (Lipinski definition) is 4. The third-order valence-corrected chi connectivity index (χ3v) is 7.30. The molecule has 1 saturated heterocycles. The Kier molecular flexibility index (Phi) is 5.23. The van der Waals surface area contributed by atoms with Crippen LogP contribution >= 0.6 is 11.6 Å². The molecule has 0 unspecified atom stereocenters. The van der Waals surface area contributed by atoms with Gasteiger partial charge in [0.2, 0.25) is 10.0 Å². The lowest BCUT2D eigenvalue weighted by Crippen LogP contribution is -2.37. The molecule has 0 spiro atoms. The van der Waals surface area contributed by atoms with Gasteiger partial charge in [0.05, 0.1) is 39.6 Å². The summed E-state index contributed by atoms with van der Waals surface area (Å²) in [5.74, 6) is 0.520. The summed E-state index contributed by atoms with van der Waals surface area (Å²) in [6.45, 7) is 0.680. The number of rotatable bonds is 4. The molecule has 1 aliphatic rings. The van der Waals surface area contributed by atoms with E-state index in [2.05, 4.69) is 10.3 Å². The third kappa shape index (κ3) is 3.82. The van der Waals surface area contributed by atoms with Gasteiger partial charge in [0, 0.05) is 13.6 Å². The first-order valence-corrected chi connectivity index (χ1v) is 11.3. The van der Waals surface area contributed by atoms with Crippen LogP contribution in [0, 0.1) is 0 Å². The molecule has 7 nitrogen and oxygen atoms in total. The van der Waals surface area contributed by atoms with E-state index < -0.39 is 10.0 Å². The van der Waals surface area contributed by atoms with Crippen LogP contribution in [0.5, 0.6) is 0 Å². The van der Waals surface area contributed by atoms with Crippen LogP contribution in [0.1, 0.15) is 29.0 Å². The Morgan fingerprint density at radius 3 is 2.72 bits per heavy atom. The molecule has 1 aromatic heterocycles. The molecule has 2 aromatic carbocycles. The topological polar surface area (TPSA) is 84.3 Å². The molecule has 0 radical (unpaired) electrons. The number of benzene rings is 2. The molecular weight excluding hydrogens is 412 g/mol. The van der Waals surface area contributed by atoms with E-state index in [0.717, 1.165) is 23.3 Å². The Balaban J connectivity index is 1.51. The zero-order valence-electron chi connectivity index (χ0n) is 15.9. The monoisotopic (exact) mass is 432 g/mol. The van der Waals surface area contributed by atoms with Crippen molar-refractivity contribution >= 4 is 44.3 Å². The Bertz CT molecular complexity index is 1190. The summed E-state index contributed by atoms with van der Waals surface area (Å²) in [5.41, 5.74) is 2.64. The number of carbonyl (C=O) groups is 1. The maximum atomic E-state index is 12.6. The van der Waals surface area contributed by atoms with Crippen molar-refractivity contribution in [3.8, 4) is 0 Å². The van der Waals surface area contributed by atoms with Crippen LogP contribution < -0.4 is 9.62 Å². The zero-order valence-corrected chi connectivity index (χ0v) is 17.5. The van der Waals surface area contributed by atoms with Gasteiger partial charge in [-0.05, 0) is 43.2 Å². The van der Waals surface area contributed by atoms with Gasteiger partial charge in [-0.25, -0.2) is 13.4 Å². The number of amides is 1. The number of carbonyl (C=O) groups excluding carboxylic acids is 1. The fourth-order valence-electron chi connectivity index (χ4n) is 3.53. The molecule has 0 aliphatic carbocycles. The van der Waals surface area contributed by atoms with Gasteiger partial charge in [0.25, 0.3) is 5.91 Å². The standard InChI is InChI=1S/C20H21ClN4O3S/c1-24-18-7-3-2-6-17(18)23-19(24)13-22-20(26)15-9-8-14(12-16(15)21)25-10-4-5-11-29(25,27)28/h2-3,6-9,12H,4-5,10-11,13H2,1H3,(H,22,26). The lowest BCUT2D eigenvalue weighted by atomic mass is 10.2. The SMILES string of the molecule is Cn1c(CNC(=O)c2ccc(N3CCCCS3(=O)=O)cc2Cl)nc2ccccc21. The van der Waals surface area contributed by atoms with Gasteiger partial charge in [0.15, 0.2) is 0 Å². The predicted molar refractivity (Wildman–Crippen MR) is 114 cm³/mol. The molecule has 0 atom stereocenters. The average Bonchev–Trinajstić information content (AvgIpc) is 3.02. The minimum Gasteiger partial charge on any atom is -0.345 e. The number of halogens is 1. The summed E-state index contributed by atoms with van der Waals surface area (Å²) in [5, 5.41) is 3.05. The molecule has 0 bridgehead atoms. The molecule has 0 saturated carbocycles. The van der Waals surface area contributed by atoms with Crippen molar-refractivity contribution < 1.29 is 13.2 Å². The van der Waals surface area contributed by atoms with Crippen LogP contribution in [0.25, 0.3) is 11.0 Å². The Hall–Kier alpha value is -2.58. The fraction of sp³-hybridized carbons (Fsp3) is 0.300. The van der Waals surface area contributed by atoms with Gasteiger partial charge >= 0.3 is 0 Å². The highest BCUT2D eigenvalue weighted by Gasteiger charge is 2.26. The number of hydrogen-bond donors (Lipinski definition) is 1. The van der Waals surface area contributed by atoms with Crippen molar-refractivity contribution in [1.82, 2.24) is 14.9 Å². The van der Waals surface area contributed by atoms with Gasteiger partial charge in [-0.15, -0.1) is 0 Å². The van der Waals surface area contributed by atoms with Crippen molar-refractivity contribution in [2.24, 2.45) is 7.05 Å². The van der Waals surface area contributed by atoms with Gasteiger partial charge in [0.1, 0.15) is 5.82 Å². The van der Waals surface area contributed by atoms with Crippen LogP contribution in [0.2, 0.25) is 5.02 Å². The number of aromatic nitrogens is 2. The number of fused-ring (bicyclic) bond motifs is 1. The summed E-state index contributed by atoms with van der Waals surface area (Å²) in [4.78, 5) is 17.1. The first-order chi connectivity index (χ1) is 13.9. The second kappa shape index (κ2) is 7.68. The zero-order chi connectivity index (χ0) is 20.6. The Morgan fingerprint density at radius 1 is 1.21 bits per heavy atom. The second-order valence-corrected chi connectivity index (χ2v) is 9.44. The number of anilines is 1. The number of aryl methyl sites for hydroxylation is 1. The smallest absolute Gasteiger partial charge is 0.253 e. The van der Waals surface area contributed by atoms with E-state index in [1.165, 1.54) is 10.4 Å². The summed E-state index contributed by atoms with van der Waals surface area (Å²) >= 11 is 6.31. The quantitative estimate of drug-likeness (QED) is 0.686. The van der Waals surface area contributed by atoms with Crippen molar-refractivity contribution in [3.63, 3.8) is 0 Å².